The first-order chi connectivity index (χ1) is 8.76. The van der Waals surface area contributed by atoms with Crippen molar-refractivity contribution in [3.8, 4) is 0 Å². The summed E-state index contributed by atoms with van der Waals surface area (Å²) in [5, 5.41) is 0. The average Bonchev–Trinajstić information content (AvgIpc) is 3.04. The third-order valence-corrected chi connectivity index (χ3v) is 4.24. The first-order valence-corrected chi connectivity index (χ1v) is 7.49. The Hall–Kier alpha value is -0.610. The molecule has 0 bridgehead atoms. The molecule has 0 aromatic carbocycles. The normalized spacial score (nSPS) is 20.6. The summed E-state index contributed by atoms with van der Waals surface area (Å²) in [6.07, 6.45) is 7.48. The Kier molecular flexibility index (Phi) is 5.01. The van der Waals surface area contributed by atoms with Crippen LogP contribution < -0.4 is 5.73 Å². The predicted octanol–water partition coefficient (Wildman–Crippen LogP) is 1.20. The zero-order valence-corrected chi connectivity index (χ0v) is 11.6. The molecular formula is C14H27N3O. The highest BCUT2D eigenvalue weighted by atomic mass is 16.2. The highest BCUT2D eigenvalue weighted by Gasteiger charge is 2.33. The summed E-state index contributed by atoms with van der Waals surface area (Å²) in [5.74, 6) is 0.306. The van der Waals surface area contributed by atoms with E-state index in [4.69, 9.17) is 5.73 Å². The number of carbonyl (C=O) groups is 1. The van der Waals surface area contributed by atoms with Crippen molar-refractivity contribution in [3.63, 3.8) is 0 Å². The first-order valence-electron chi connectivity index (χ1n) is 7.49. The highest BCUT2D eigenvalue weighted by molar-refractivity contribution is 5.79. The van der Waals surface area contributed by atoms with Gasteiger partial charge in [0.25, 0.3) is 0 Å². The molecule has 0 aromatic rings. The molecular weight excluding hydrogens is 226 g/mol. The molecule has 0 heterocycles. The Morgan fingerprint density at radius 2 is 1.83 bits per heavy atom. The van der Waals surface area contributed by atoms with E-state index in [1.54, 1.807) is 0 Å². The minimum absolute atomic E-state index is 0.306. The van der Waals surface area contributed by atoms with Gasteiger partial charge < -0.3 is 10.6 Å². The molecule has 2 N–H and O–H groups in total. The van der Waals surface area contributed by atoms with Gasteiger partial charge in [0.05, 0.1) is 6.54 Å². The molecule has 2 fully saturated rings. The van der Waals surface area contributed by atoms with Gasteiger partial charge >= 0.3 is 0 Å². The van der Waals surface area contributed by atoms with E-state index in [9.17, 15) is 4.79 Å². The number of nitrogens with zero attached hydrogens (tertiary/aromatic N) is 2. The van der Waals surface area contributed by atoms with E-state index in [0.717, 1.165) is 13.1 Å². The first kappa shape index (κ1) is 13.8. The van der Waals surface area contributed by atoms with E-state index in [-0.39, 0.29) is 0 Å². The summed E-state index contributed by atoms with van der Waals surface area (Å²) in [6.45, 7) is 5.02. The van der Waals surface area contributed by atoms with Crippen molar-refractivity contribution < 1.29 is 4.79 Å². The van der Waals surface area contributed by atoms with Crippen LogP contribution >= 0.6 is 0 Å². The van der Waals surface area contributed by atoms with Gasteiger partial charge in [-0.1, -0.05) is 12.8 Å². The Bertz CT molecular complexity index is 272. The van der Waals surface area contributed by atoms with E-state index in [2.05, 4.69) is 16.7 Å². The van der Waals surface area contributed by atoms with Gasteiger partial charge in [0.15, 0.2) is 0 Å². The van der Waals surface area contributed by atoms with Gasteiger partial charge in [-0.15, -0.1) is 0 Å². The van der Waals surface area contributed by atoms with Crippen LogP contribution in [0.15, 0.2) is 0 Å². The number of likely N-dealkylation sites (N-methyl/N-ethyl adjacent to an activating group) is 1. The fraction of sp³-hybridized carbons (Fsp3) is 0.929. The fourth-order valence-corrected chi connectivity index (χ4v) is 3.11. The molecule has 4 nitrogen and oxygen atoms in total. The number of carbonyl (C=O) groups excluding carboxylic acids is 1. The van der Waals surface area contributed by atoms with Crippen LogP contribution in [0.25, 0.3) is 0 Å². The molecule has 104 valence electrons. The minimum atomic E-state index is 0.306. The average molecular weight is 253 g/mol. The van der Waals surface area contributed by atoms with Crippen molar-refractivity contribution >= 4 is 5.91 Å². The monoisotopic (exact) mass is 253 g/mol. The van der Waals surface area contributed by atoms with Gasteiger partial charge in [0, 0.05) is 31.7 Å². The van der Waals surface area contributed by atoms with Crippen LogP contribution in [0.2, 0.25) is 0 Å². The standard InChI is InChI=1S/C14H27N3O/c1-2-17(13-7-8-13)14(18)11-16(10-9-15)12-5-3-4-6-12/h12-13H,2-11,15H2,1H3. The molecule has 0 aromatic heterocycles. The van der Waals surface area contributed by atoms with Gasteiger partial charge in [-0.3, -0.25) is 9.69 Å². The van der Waals surface area contributed by atoms with Crippen molar-refractivity contribution in [2.75, 3.05) is 26.2 Å². The SMILES string of the molecule is CCN(C(=O)CN(CCN)C1CCCC1)C1CC1. The maximum atomic E-state index is 12.3. The molecule has 0 spiro atoms. The second kappa shape index (κ2) is 6.53. The topological polar surface area (TPSA) is 49.6 Å². The molecule has 2 rings (SSSR count). The number of rotatable bonds is 7. The second-order valence-corrected chi connectivity index (χ2v) is 5.61. The third-order valence-electron chi connectivity index (χ3n) is 4.24. The molecule has 2 aliphatic rings. The van der Waals surface area contributed by atoms with Crippen LogP contribution in [0.4, 0.5) is 0 Å². The maximum Gasteiger partial charge on any atom is 0.236 e. The summed E-state index contributed by atoms with van der Waals surface area (Å²) in [6, 6.07) is 1.13. The van der Waals surface area contributed by atoms with Gasteiger partial charge in [-0.05, 0) is 32.6 Å². The molecule has 2 saturated carbocycles. The zero-order valence-electron chi connectivity index (χ0n) is 11.6. The molecule has 4 heteroatoms. The van der Waals surface area contributed by atoms with Crippen molar-refractivity contribution in [1.29, 1.82) is 0 Å². The fourth-order valence-electron chi connectivity index (χ4n) is 3.11. The van der Waals surface area contributed by atoms with Crippen molar-refractivity contribution in [1.82, 2.24) is 9.80 Å². The summed E-state index contributed by atoms with van der Waals surface area (Å²) in [7, 11) is 0. The van der Waals surface area contributed by atoms with Crippen LogP contribution in [0, 0.1) is 0 Å². The smallest absolute Gasteiger partial charge is 0.236 e. The molecule has 0 aliphatic heterocycles. The predicted molar refractivity (Wildman–Crippen MR) is 73.3 cm³/mol. The lowest BCUT2D eigenvalue weighted by atomic mass is 10.2. The van der Waals surface area contributed by atoms with Crippen LogP contribution in [-0.2, 0) is 4.79 Å². The van der Waals surface area contributed by atoms with Crippen molar-refractivity contribution in [2.24, 2.45) is 5.73 Å². The van der Waals surface area contributed by atoms with Crippen molar-refractivity contribution in [2.45, 2.75) is 57.5 Å². The quantitative estimate of drug-likeness (QED) is 0.742. The highest BCUT2D eigenvalue weighted by Crippen LogP contribution is 2.27. The number of amides is 1. The van der Waals surface area contributed by atoms with Gasteiger partial charge in [-0.2, -0.15) is 0 Å². The molecule has 0 radical (unpaired) electrons. The molecule has 0 unspecified atom stereocenters. The maximum absolute atomic E-state index is 12.3. The summed E-state index contributed by atoms with van der Waals surface area (Å²) >= 11 is 0. The van der Waals surface area contributed by atoms with Crippen LogP contribution in [0.5, 0.6) is 0 Å². The molecule has 1 amide bonds. The van der Waals surface area contributed by atoms with Gasteiger partial charge in [0.2, 0.25) is 5.91 Å². The molecule has 18 heavy (non-hydrogen) atoms. The van der Waals surface area contributed by atoms with Gasteiger partial charge in [-0.25, -0.2) is 0 Å². The summed E-state index contributed by atoms with van der Waals surface area (Å²) in [4.78, 5) is 16.7. The van der Waals surface area contributed by atoms with Crippen LogP contribution in [-0.4, -0.2) is 54.0 Å². The summed E-state index contributed by atoms with van der Waals surface area (Å²) < 4.78 is 0. The van der Waals surface area contributed by atoms with Crippen LogP contribution in [0.1, 0.15) is 45.4 Å². The lowest BCUT2D eigenvalue weighted by Gasteiger charge is -2.30. The Balaban J connectivity index is 1.88. The lowest BCUT2D eigenvalue weighted by molar-refractivity contribution is -0.133. The molecule has 0 saturated heterocycles. The van der Waals surface area contributed by atoms with E-state index in [1.165, 1.54) is 38.5 Å². The Labute approximate surface area is 110 Å². The van der Waals surface area contributed by atoms with Crippen molar-refractivity contribution in [3.05, 3.63) is 0 Å². The van der Waals surface area contributed by atoms with E-state index in [1.807, 2.05) is 0 Å². The van der Waals surface area contributed by atoms with Crippen LogP contribution in [0.3, 0.4) is 0 Å². The molecule has 2 aliphatic carbocycles. The Morgan fingerprint density at radius 3 is 2.33 bits per heavy atom. The zero-order chi connectivity index (χ0) is 13.0. The lowest BCUT2D eigenvalue weighted by Crippen LogP contribution is -2.46. The van der Waals surface area contributed by atoms with E-state index >= 15 is 0 Å². The van der Waals surface area contributed by atoms with E-state index in [0.29, 0.717) is 31.1 Å². The summed E-state index contributed by atoms with van der Waals surface area (Å²) in [5.41, 5.74) is 5.69. The number of hydrogen-bond acceptors (Lipinski definition) is 3. The molecule has 0 atom stereocenters. The second-order valence-electron chi connectivity index (χ2n) is 5.61. The largest absolute Gasteiger partial charge is 0.339 e. The minimum Gasteiger partial charge on any atom is -0.339 e. The van der Waals surface area contributed by atoms with Gasteiger partial charge in [0.1, 0.15) is 0 Å². The number of hydrogen-bond donors (Lipinski definition) is 1. The number of nitrogens with two attached hydrogens (primary N) is 1. The van der Waals surface area contributed by atoms with E-state index < -0.39 is 0 Å². The third kappa shape index (κ3) is 3.45. The Morgan fingerprint density at radius 1 is 1.17 bits per heavy atom.